The van der Waals surface area contributed by atoms with Crippen molar-refractivity contribution in [3.8, 4) is 23.0 Å². The molecule has 0 aromatic heterocycles. The molecule has 4 aromatic rings. The van der Waals surface area contributed by atoms with Gasteiger partial charge in [-0.1, -0.05) is 0 Å². The zero-order valence-electron chi connectivity index (χ0n) is 21.0. The third-order valence-corrected chi connectivity index (χ3v) is 6.84. The molecule has 8 nitrogen and oxygen atoms in total. The molecule has 0 fully saturated rings. The van der Waals surface area contributed by atoms with Gasteiger partial charge >= 0.3 is 222 Å². The molecule has 0 saturated carbocycles. The molecule has 0 amide bonds. The van der Waals surface area contributed by atoms with Gasteiger partial charge in [0.25, 0.3) is 0 Å². The van der Waals surface area contributed by atoms with Crippen LogP contribution in [0.3, 0.4) is 0 Å². The van der Waals surface area contributed by atoms with Crippen LogP contribution < -0.4 is 19.6 Å². The first-order valence-corrected chi connectivity index (χ1v) is 14.1. The van der Waals surface area contributed by atoms with Crippen LogP contribution in [0.1, 0.15) is 22.3 Å². The van der Waals surface area contributed by atoms with Crippen LogP contribution in [0.2, 0.25) is 0 Å². The molecule has 0 unspecified atom stereocenters. The third kappa shape index (κ3) is 8.33. The van der Waals surface area contributed by atoms with Crippen molar-refractivity contribution in [2.24, 2.45) is 0 Å². The third-order valence-electron chi connectivity index (χ3n) is 5.04. The normalized spacial score (nSPS) is 11.1. The SMILES string of the molecule is Cc1ccc(O[O][Ti]([O]Oc2ccc(C)cc2)([O]Oc2ccc(C)cc2)[O]Oc2ccc(C)cc2)cc1. The quantitative estimate of drug-likeness (QED) is 0.107. The first-order valence-electron chi connectivity index (χ1n) is 11.6. The van der Waals surface area contributed by atoms with Crippen LogP contribution in [0.5, 0.6) is 23.0 Å². The van der Waals surface area contributed by atoms with Crippen LogP contribution >= 0.6 is 0 Å². The van der Waals surface area contributed by atoms with Crippen molar-refractivity contribution in [3.63, 3.8) is 0 Å². The number of benzene rings is 4. The van der Waals surface area contributed by atoms with E-state index < -0.39 is 18.1 Å². The molecule has 0 radical (unpaired) electrons. The summed E-state index contributed by atoms with van der Waals surface area (Å²) >= 11 is -5.13. The summed E-state index contributed by atoms with van der Waals surface area (Å²) in [4.78, 5) is 22.1. The van der Waals surface area contributed by atoms with Gasteiger partial charge in [-0.3, -0.25) is 0 Å². The molecule has 4 rings (SSSR count). The molecule has 192 valence electrons. The maximum atomic E-state index is 5.64. The molecule has 0 aliphatic carbocycles. The summed E-state index contributed by atoms with van der Waals surface area (Å²) < 4.78 is 22.6. The summed E-state index contributed by atoms with van der Waals surface area (Å²) in [5.41, 5.74) is 4.21. The second-order valence-corrected chi connectivity index (χ2v) is 11.0. The summed E-state index contributed by atoms with van der Waals surface area (Å²) in [6.45, 7) is 7.84. The molecule has 0 atom stereocenters. The Morgan fingerprint density at radius 2 is 0.514 bits per heavy atom. The van der Waals surface area contributed by atoms with E-state index >= 15 is 0 Å². The fourth-order valence-electron chi connectivity index (χ4n) is 2.86. The van der Waals surface area contributed by atoms with Crippen molar-refractivity contribution in [1.82, 2.24) is 0 Å². The fraction of sp³-hybridized carbons (Fsp3) is 0.143. The van der Waals surface area contributed by atoms with Crippen LogP contribution in [0.4, 0.5) is 0 Å². The molecule has 0 bridgehead atoms. The van der Waals surface area contributed by atoms with E-state index in [-0.39, 0.29) is 0 Å². The van der Waals surface area contributed by atoms with E-state index in [1.807, 2.05) is 76.2 Å². The molecular formula is C28H28O8Ti. The summed E-state index contributed by atoms with van der Waals surface area (Å²) in [7, 11) is 0. The van der Waals surface area contributed by atoms with Crippen molar-refractivity contribution < 1.29 is 51.6 Å². The number of hydrogen-bond donors (Lipinski definition) is 0. The second-order valence-electron chi connectivity index (χ2n) is 8.42. The van der Waals surface area contributed by atoms with Gasteiger partial charge in [-0.05, 0) is 0 Å². The van der Waals surface area contributed by atoms with E-state index in [1.54, 1.807) is 48.5 Å². The van der Waals surface area contributed by atoms with Crippen molar-refractivity contribution >= 4 is 0 Å². The summed E-state index contributed by atoms with van der Waals surface area (Å²) in [5.74, 6) is 1.55. The predicted octanol–water partition coefficient (Wildman–Crippen LogP) is 7.08. The molecule has 0 heterocycles. The van der Waals surface area contributed by atoms with Gasteiger partial charge < -0.3 is 0 Å². The molecule has 0 aliphatic rings. The molecule has 9 heteroatoms. The zero-order valence-corrected chi connectivity index (χ0v) is 22.6. The average Bonchev–Trinajstić information content (AvgIpc) is 2.91. The van der Waals surface area contributed by atoms with E-state index in [2.05, 4.69) is 0 Å². The van der Waals surface area contributed by atoms with Crippen LogP contribution in [0, 0.1) is 27.7 Å². The molecule has 37 heavy (non-hydrogen) atoms. The van der Waals surface area contributed by atoms with E-state index in [4.69, 9.17) is 33.4 Å². The number of rotatable bonds is 12. The first kappa shape index (κ1) is 26.7. The predicted molar refractivity (Wildman–Crippen MR) is 132 cm³/mol. The van der Waals surface area contributed by atoms with E-state index in [0.717, 1.165) is 22.3 Å². The first-order chi connectivity index (χ1) is 17.9. The standard InChI is InChI=1S/4C7H8O2.Ti/c4*1-6-2-4-7(9-8)5-3-6;/h4*2-5,8H,1H3;/q;;;;+4/p-4. The van der Waals surface area contributed by atoms with Gasteiger partial charge in [-0.15, -0.1) is 0 Å². The Balaban J connectivity index is 1.58. The molecule has 4 aromatic carbocycles. The zero-order chi connectivity index (χ0) is 26.1. The second kappa shape index (κ2) is 12.7. The van der Waals surface area contributed by atoms with E-state index in [0.29, 0.717) is 23.0 Å². The maximum absolute atomic E-state index is 5.64. The molecule has 0 aliphatic heterocycles. The van der Waals surface area contributed by atoms with Gasteiger partial charge in [0.05, 0.1) is 0 Å². The molecule has 0 saturated heterocycles. The molecular weight excluding hydrogens is 512 g/mol. The van der Waals surface area contributed by atoms with Crippen molar-refractivity contribution in [3.05, 3.63) is 119 Å². The Kier molecular flexibility index (Phi) is 9.19. The summed E-state index contributed by atoms with van der Waals surface area (Å²) in [5, 5.41) is 0. The Bertz CT molecular complexity index is 1040. The van der Waals surface area contributed by atoms with Crippen LogP contribution in [-0.4, -0.2) is 0 Å². The summed E-state index contributed by atoms with van der Waals surface area (Å²) in [6.07, 6.45) is 0. The summed E-state index contributed by atoms with van der Waals surface area (Å²) in [6, 6.07) is 28.7. The van der Waals surface area contributed by atoms with Gasteiger partial charge in [-0.25, -0.2) is 0 Å². The van der Waals surface area contributed by atoms with Crippen molar-refractivity contribution in [1.29, 1.82) is 0 Å². The Morgan fingerprint density at radius 3 is 0.703 bits per heavy atom. The monoisotopic (exact) mass is 540 g/mol. The average molecular weight is 540 g/mol. The molecule has 0 spiro atoms. The van der Waals surface area contributed by atoms with Crippen LogP contribution in [0.25, 0.3) is 0 Å². The Morgan fingerprint density at radius 1 is 0.324 bits per heavy atom. The van der Waals surface area contributed by atoms with Crippen LogP contribution in [0.15, 0.2) is 97.1 Å². The van der Waals surface area contributed by atoms with Gasteiger partial charge in [0.15, 0.2) is 0 Å². The fourth-order valence-corrected chi connectivity index (χ4v) is 4.35. The number of aryl methyl sites for hydroxylation is 4. The van der Waals surface area contributed by atoms with Crippen LogP contribution in [-0.2, 0) is 32.0 Å². The van der Waals surface area contributed by atoms with E-state index in [1.165, 1.54) is 0 Å². The van der Waals surface area contributed by atoms with Crippen molar-refractivity contribution in [2.45, 2.75) is 27.7 Å². The van der Waals surface area contributed by atoms with Gasteiger partial charge in [0.2, 0.25) is 0 Å². The van der Waals surface area contributed by atoms with E-state index in [9.17, 15) is 0 Å². The van der Waals surface area contributed by atoms with Gasteiger partial charge in [0, 0.05) is 0 Å². The Hall–Kier alpha value is -3.37. The minimum atomic E-state index is -5.13. The van der Waals surface area contributed by atoms with Gasteiger partial charge in [0.1, 0.15) is 0 Å². The van der Waals surface area contributed by atoms with Crippen molar-refractivity contribution in [2.75, 3.05) is 0 Å². The number of hydrogen-bond acceptors (Lipinski definition) is 8. The molecule has 0 N–H and O–H groups in total. The van der Waals surface area contributed by atoms with Gasteiger partial charge in [-0.2, -0.15) is 0 Å². The topological polar surface area (TPSA) is 73.8 Å². The Labute approximate surface area is 221 Å². The minimum absolute atomic E-state index is 0.386.